The lowest BCUT2D eigenvalue weighted by molar-refractivity contribution is 0.198. The van der Waals surface area contributed by atoms with E-state index in [0.717, 1.165) is 66.7 Å². The van der Waals surface area contributed by atoms with Crippen LogP contribution in [0.15, 0.2) is 146 Å². The number of benzene rings is 6. The molecule has 5 nitrogen and oxygen atoms in total. The monoisotopic (exact) mass is 1350 g/mol. The van der Waals surface area contributed by atoms with Crippen LogP contribution in [-0.2, 0) is 22.0 Å². The van der Waals surface area contributed by atoms with Crippen molar-refractivity contribution in [1.82, 2.24) is 0 Å². The number of terminal acetylenes is 1. The summed E-state index contributed by atoms with van der Waals surface area (Å²) >= 11 is 3.81. The first-order chi connectivity index (χ1) is 48.5. The van der Waals surface area contributed by atoms with Crippen LogP contribution in [0.5, 0.6) is 0 Å². The quantitative estimate of drug-likeness (QED) is 0.0187. The third kappa shape index (κ3) is 20.3. The van der Waals surface area contributed by atoms with Gasteiger partial charge in [0.15, 0.2) is 0 Å². The van der Waals surface area contributed by atoms with E-state index in [9.17, 15) is 20.1 Å². The van der Waals surface area contributed by atoms with Gasteiger partial charge in [-0.3, -0.25) is 0 Å². The fourth-order valence-electron chi connectivity index (χ4n) is 15.1. The minimum atomic E-state index is -1.50. The highest BCUT2D eigenvalue weighted by Crippen LogP contribution is 2.57. The lowest BCUT2D eigenvalue weighted by Crippen LogP contribution is -2.34. The van der Waals surface area contributed by atoms with E-state index >= 15 is 0 Å². The molecule has 2 aliphatic carbocycles. The van der Waals surface area contributed by atoms with Gasteiger partial charge in [-0.05, 0) is 219 Å². The maximum atomic E-state index is 9.84. The van der Waals surface area contributed by atoms with Gasteiger partial charge in [0.2, 0.25) is 0 Å². The van der Waals surface area contributed by atoms with Crippen LogP contribution >= 0.6 is 22.7 Å². The van der Waals surface area contributed by atoms with Crippen molar-refractivity contribution >= 4 is 47.8 Å². The van der Waals surface area contributed by atoms with E-state index in [4.69, 9.17) is 11.2 Å². The molecule has 0 atom stereocenters. The van der Waals surface area contributed by atoms with Crippen LogP contribution in [0.1, 0.15) is 248 Å². The average Bonchev–Trinajstić information content (AvgIpc) is 1.56. The number of thiophene rings is 2. The Hall–Kier alpha value is -7.11. The van der Waals surface area contributed by atoms with Crippen LogP contribution in [0, 0.1) is 47.9 Å². The molecule has 0 unspecified atom stereocenters. The molecule has 0 spiro atoms. The Balaban J connectivity index is 0.000000263. The summed E-state index contributed by atoms with van der Waals surface area (Å²) in [6.45, 7) is 13.4. The van der Waals surface area contributed by atoms with Crippen molar-refractivity contribution in [2.45, 2.75) is 232 Å². The van der Waals surface area contributed by atoms with Crippen molar-refractivity contribution in [2.75, 3.05) is 13.2 Å². The van der Waals surface area contributed by atoms with Gasteiger partial charge in [-0.1, -0.05) is 272 Å². The molecular weight excluding hydrogens is 1250 g/mol. The highest BCUT2D eigenvalue weighted by Gasteiger charge is 2.45. The van der Waals surface area contributed by atoms with Crippen LogP contribution in [0.25, 0.3) is 64.0 Å². The lowest BCUT2D eigenvalue weighted by Gasteiger charge is -2.33. The molecule has 0 saturated carbocycles. The zero-order valence-electron chi connectivity index (χ0n) is 60.0. The molecule has 9 heteroatoms. The van der Waals surface area contributed by atoms with E-state index in [-0.39, 0.29) is 10.8 Å². The summed E-state index contributed by atoms with van der Waals surface area (Å²) in [5.41, 5.74) is 18.9. The van der Waals surface area contributed by atoms with Crippen LogP contribution in [0.2, 0.25) is 0 Å². The number of hydrogen-bond acceptors (Lipinski definition) is 7. The summed E-state index contributed by atoms with van der Waals surface area (Å²) in [4.78, 5) is 5.27. The molecule has 3 heterocycles. The summed E-state index contributed by atoms with van der Waals surface area (Å²) in [5.74, 6) is 18.7. The van der Waals surface area contributed by atoms with Crippen molar-refractivity contribution in [2.24, 2.45) is 0 Å². The zero-order valence-corrected chi connectivity index (χ0v) is 61.7. The fraction of sp³-hybridized carbons (Fsp3) is 0.422. The van der Waals surface area contributed by atoms with Gasteiger partial charge in [-0.2, -0.15) is 0 Å². The number of fused-ring (bicyclic) bond motifs is 6. The van der Waals surface area contributed by atoms with Crippen molar-refractivity contribution in [3.8, 4) is 112 Å². The molecule has 0 amide bonds. The molecule has 99 heavy (non-hydrogen) atoms. The zero-order chi connectivity index (χ0) is 69.7. The smallest absolute Gasteiger partial charge is 0.423 e. The summed E-state index contributed by atoms with van der Waals surface area (Å²) in [6, 6.07) is 53.5. The van der Waals surface area contributed by atoms with E-state index in [1.807, 2.05) is 46.9 Å². The Labute approximate surface area is 604 Å². The van der Waals surface area contributed by atoms with Gasteiger partial charge in [0.1, 0.15) is 0 Å². The maximum Gasteiger partial charge on any atom is 0.488 e. The molecule has 11 rings (SSSR count). The molecule has 4 N–H and O–H groups in total. The predicted octanol–water partition coefficient (Wildman–Crippen LogP) is 21.6. The summed E-state index contributed by atoms with van der Waals surface area (Å²) in [6.07, 6.45) is 40.8. The second kappa shape index (κ2) is 39.8. The Morgan fingerprint density at radius 2 is 0.717 bits per heavy atom. The molecule has 8 aromatic rings. The van der Waals surface area contributed by atoms with Gasteiger partial charge in [-0.15, -0.1) is 29.1 Å². The molecule has 1 fully saturated rings. The lowest BCUT2D eigenvalue weighted by atomic mass is 9.67. The number of ether oxygens (including phenoxy) is 1. The largest absolute Gasteiger partial charge is 0.488 e. The molecule has 0 bridgehead atoms. The molecule has 514 valence electrons. The number of unbranched alkanes of at least 4 members (excludes halogenated alkanes) is 17. The molecule has 1 saturated heterocycles. The molecule has 6 aromatic carbocycles. The van der Waals surface area contributed by atoms with Gasteiger partial charge in [0.25, 0.3) is 0 Å². The van der Waals surface area contributed by atoms with E-state index < -0.39 is 14.2 Å². The molecule has 2 aromatic heterocycles. The Morgan fingerprint density at radius 1 is 0.374 bits per heavy atom. The third-order valence-corrected chi connectivity index (χ3v) is 22.9. The summed E-state index contributed by atoms with van der Waals surface area (Å²) in [7, 11) is -3.00. The predicted molar refractivity (Wildman–Crippen MR) is 426 cm³/mol. The topological polar surface area (TPSA) is 90.2 Å². The SMILES string of the molecule is C#CC#CC#CC#Cc1ccc(-c2ccc(-c3ccc4c(c3)C(CCCCCC)(CCCCCC)c3cc(-c5ccc(-c6ccc(CCCCCCCC)cc6)s5)ccc3-4)s2)cc1.C1CCOC1.CCCCCCC1(CCCCCC)c2cc(B(O)O)ccc2-c2ccc(B(O)O)cc21. The summed E-state index contributed by atoms with van der Waals surface area (Å²) in [5, 5.41) is 39.4. The van der Waals surface area contributed by atoms with Crippen molar-refractivity contribution in [3.63, 3.8) is 0 Å². The average molecular weight is 1350 g/mol. The van der Waals surface area contributed by atoms with Crippen molar-refractivity contribution in [3.05, 3.63) is 179 Å². The van der Waals surface area contributed by atoms with Crippen LogP contribution in [0.3, 0.4) is 0 Å². The van der Waals surface area contributed by atoms with Gasteiger partial charge >= 0.3 is 14.2 Å². The van der Waals surface area contributed by atoms with Crippen molar-refractivity contribution < 1.29 is 24.8 Å². The van der Waals surface area contributed by atoms with Crippen LogP contribution in [0.4, 0.5) is 0 Å². The molecule has 1 aliphatic heterocycles. The van der Waals surface area contributed by atoms with Gasteiger partial charge in [0.05, 0.1) is 0 Å². The second-order valence-electron chi connectivity index (χ2n) is 27.6. The fourth-order valence-corrected chi connectivity index (χ4v) is 17.1. The number of hydrogen-bond donors (Lipinski definition) is 4. The standard InChI is InChI=1S/C61H62S2.C25H36B2O4.C4H8O/c1-5-9-13-17-19-21-25-47-27-31-49(32-28-47)57-39-41-59(62-57)51-35-37-53-54-38-36-52(46-56(54)61(55(53)45-51,43-23-15-11-7-3)44-24-16-12-8-4)60-42-40-58(63-60)50-33-29-48(30-34-50)26-22-20-18-14-10-6-2;1-3-5-7-9-15-25(16-10-8-6-4-2)23-17-19(26(28)29)11-13-21(23)22-14-12-20(27(30)31)18-24(22)25;1-2-4-5-3-1/h1,27-42,45-46H,6-8,10-12,14-16,18,20,22-24,26,43-44H2,2-4H3;11-14,17-18,28-31H,3-10,15-16H2,1-2H3;1-4H2. The first-order valence-electron chi connectivity index (χ1n) is 37.8. The Morgan fingerprint density at radius 3 is 1.11 bits per heavy atom. The van der Waals surface area contributed by atoms with E-state index in [0.29, 0.717) is 10.9 Å². The van der Waals surface area contributed by atoms with E-state index in [2.05, 4.69) is 185 Å². The first-order valence-corrected chi connectivity index (χ1v) is 39.4. The van der Waals surface area contributed by atoms with Gasteiger partial charge in [0, 0.05) is 49.1 Å². The highest BCUT2D eigenvalue weighted by molar-refractivity contribution is 7.19. The second-order valence-corrected chi connectivity index (χ2v) is 29.8. The van der Waals surface area contributed by atoms with E-state index in [1.165, 1.54) is 219 Å². The van der Waals surface area contributed by atoms with Gasteiger partial charge < -0.3 is 24.8 Å². The number of aryl methyl sites for hydroxylation is 1. The normalized spacial score (nSPS) is 13.1. The van der Waals surface area contributed by atoms with E-state index in [1.54, 1.807) is 23.3 Å². The maximum absolute atomic E-state index is 9.84. The molecule has 0 radical (unpaired) electrons. The van der Waals surface area contributed by atoms with Crippen LogP contribution < -0.4 is 10.9 Å². The minimum Gasteiger partial charge on any atom is -0.423 e. The molecule has 3 aliphatic rings. The van der Waals surface area contributed by atoms with Crippen molar-refractivity contribution in [1.29, 1.82) is 0 Å². The van der Waals surface area contributed by atoms with Gasteiger partial charge in [-0.25, -0.2) is 0 Å². The minimum absolute atomic E-state index is 0.000691. The Kier molecular flexibility index (Phi) is 30.6. The third-order valence-electron chi connectivity index (χ3n) is 20.6. The number of rotatable bonds is 33. The Bertz CT molecular complexity index is 3980. The highest BCUT2D eigenvalue weighted by atomic mass is 32.1. The first kappa shape index (κ1) is 76.1. The summed E-state index contributed by atoms with van der Waals surface area (Å²) < 4.78 is 4.94. The van der Waals surface area contributed by atoms with Crippen LogP contribution in [-0.4, -0.2) is 47.5 Å². The molecular formula is C90H106B2O5S2.